The number of phenolic OH excluding ortho intramolecular Hbond substituents is 1. The van der Waals surface area contributed by atoms with E-state index in [9.17, 15) is 9.90 Å². The van der Waals surface area contributed by atoms with Crippen molar-refractivity contribution in [1.82, 2.24) is 5.32 Å². The van der Waals surface area contributed by atoms with E-state index < -0.39 is 0 Å². The van der Waals surface area contributed by atoms with Crippen molar-refractivity contribution in [3.63, 3.8) is 0 Å². The highest BCUT2D eigenvalue weighted by atomic mass is 35.5. The Kier molecular flexibility index (Phi) is 4.30. The number of para-hydroxylation sites is 1. The molecule has 0 spiro atoms. The molecule has 0 saturated carbocycles. The van der Waals surface area contributed by atoms with Crippen LogP contribution < -0.4 is 5.32 Å². The Morgan fingerprint density at radius 1 is 1.20 bits per heavy atom. The molecule has 104 valence electrons. The van der Waals surface area contributed by atoms with Gasteiger partial charge in [-0.25, -0.2) is 0 Å². The molecule has 2 N–H and O–H groups in total. The first-order valence-corrected chi connectivity index (χ1v) is 6.72. The van der Waals surface area contributed by atoms with Crippen LogP contribution in [0.25, 0.3) is 0 Å². The topological polar surface area (TPSA) is 49.3 Å². The number of carbonyl (C=O) groups excluding carboxylic acids is 1. The standard InChI is InChI=1S/C16H16ClNO2/c1-10-6-5-8-13(15(10)19)16(20)18-11(2)12-7-3-4-9-14(12)17/h3-9,11,19H,1-2H3,(H,18,20). The number of nitrogens with one attached hydrogen (secondary N) is 1. The van der Waals surface area contributed by atoms with Gasteiger partial charge in [-0.3, -0.25) is 4.79 Å². The molecule has 20 heavy (non-hydrogen) atoms. The summed E-state index contributed by atoms with van der Waals surface area (Å²) < 4.78 is 0. The fraction of sp³-hybridized carbons (Fsp3) is 0.188. The molecule has 4 heteroatoms. The van der Waals surface area contributed by atoms with Crippen molar-refractivity contribution in [3.8, 4) is 5.75 Å². The van der Waals surface area contributed by atoms with Crippen LogP contribution in [0.5, 0.6) is 5.75 Å². The van der Waals surface area contributed by atoms with Crippen molar-refractivity contribution in [1.29, 1.82) is 0 Å². The molecule has 1 amide bonds. The Balaban J connectivity index is 2.20. The minimum atomic E-state index is -0.321. The van der Waals surface area contributed by atoms with E-state index in [1.54, 1.807) is 31.2 Å². The predicted octanol–water partition coefficient (Wildman–Crippen LogP) is 3.85. The first kappa shape index (κ1) is 14.4. The Morgan fingerprint density at radius 3 is 2.60 bits per heavy atom. The monoisotopic (exact) mass is 289 g/mol. The van der Waals surface area contributed by atoms with E-state index in [1.165, 1.54) is 0 Å². The summed E-state index contributed by atoms with van der Waals surface area (Å²) in [4.78, 5) is 12.2. The van der Waals surface area contributed by atoms with E-state index in [4.69, 9.17) is 11.6 Å². The zero-order valence-corrected chi connectivity index (χ0v) is 12.1. The van der Waals surface area contributed by atoms with Gasteiger partial charge in [-0.05, 0) is 37.1 Å². The zero-order valence-electron chi connectivity index (χ0n) is 11.4. The highest BCUT2D eigenvalue weighted by Gasteiger charge is 2.16. The Hall–Kier alpha value is -2.00. The highest BCUT2D eigenvalue weighted by Crippen LogP contribution is 2.25. The molecule has 0 saturated heterocycles. The minimum Gasteiger partial charge on any atom is -0.507 e. The molecule has 0 aromatic heterocycles. The lowest BCUT2D eigenvalue weighted by molar-refractivity contribution is 0.0937. The Bertz CT molecular complexity index is 640. The first-order chi connectivity index (χ1) is 9.50. The highest BCUT2D eigenvalue weighted by molar-refractivity contribution is 6.31. The van der Waals surface area contributed by atoms with E-state index >= 15 is 0 Å². The molecule has 0 bridgehead atoms. The third kappa shape index (κ3) is 2.94. The number of hydrogen-bond acceptors (Lipinski definition) is 2. The number of aromatic hydroxyl groups is 1. The van der Waals surface area contributed by atoms with Crippen LogP contribution in [0.1, 0.15) is 34.5 Å². The van der Waals surface area contributed by atoms with Gasteiger partial charge in [0.2, 0.25) is 0 Å². The van der Waals surface area contributed by atoms with Crippen LogP contribution in [-0.4, -0.2) is 11.0 Å². The van der Waals surface area contributed by atoms with Gasteiger partial charge in [-0.15, -0.1) is 0 Å². The van der Waals surface area contributed by atoms with E-state index in [2.05, 4.69) is 5.32 Å². The Morgan fingerprint density at radius 2 is 1.90 bits per heavy atom. The van der Waals surface area contributed by atoms with Gasteiger partial charge in [0.15, 0.2) is 0 Å². The van der Waals surface area contributed by atoms with Crippen molar-refractivity contribution in [2.45, 2.75) is 19.9 Å². The summed E-state index contributed by atoms with van der Waals surface area (Å²) in [5, 5.41) is 13.4. The molecule has 3 nitrogen and oxygen atoms in total. The van der Waals surface area contributed by atoms with Gasteiger partial charge in [0, 0.05) is 5.02 Å². The SMILES string of the molecule is Cc1cccc(C(=O)NC(C)c2ccccc2Cl)c1O. The van der Waals surface area contributed by atoms with Gasteiger partial charge in [-0.2, -0.15) is 0 Å². The largest absolute Gasteiger partial charge is 0.507 e. The molecule has 2 aromatic carbocycles. The number of rotatable bonds is 3. The zero-order chi connectivity index (χ0) is 14.7. The lowest BCUT2D eigenvalue weighted by Crippen LogP contribution is -2.27. The molecule has 0 aliphatic carbocycles. The summed E-state index contributed by atoms with van der Waals surface area (Å²) in [6.07, 6.45) is 0. The normalized spacial score (nSPS) is 11.9. The number of phenols is 1. The van der Waals surface area contributed by atoms with Crippen molar-refractivity contribution in [2.24, 2.45) is 0 Å². The maximum atomic E-state index is 12.2. The molecule has 0 fully saturated rings. The summed E-state index contributed by atoms with van der Waals surface area (Å²) in [6.45, 7) is 3.61. The maximum absolute atomic E-state index is 12.2. The van der Waals surface area contributed by atoms with Crippen LogP contribution in [0, 0.1) is 6.92 Å². The van der Waals surface area contributed by atoms with E-state index in [-0.39, 0.29) is 23.3 Å². The molecule has 2 rings (SSSR count). The fourth-order valence-electron chi connectivity index (χ4n) is 2.02. The van der Waals surface area contributed by atoms with Gasteiger partial charge < -0.3 is 10.4 Å². The summed E-state index contributed by atoms with van der Waals surface area (Å²) in [7, 11) is 0. The second kappa shape index (κ2) is 5.97. The molecular formula is C16H16ClNO2. The van der Waals surface area contributed by atoms with Crippen LogP contribution in [-0.2, 0) is 0 Å². The lowest BCUT2D eigenvalue weighted by Gasteiger charge is -2.16. The number of carbonyl (C=O) groups is 1. The second-order valence-electron chi connectivity index (χ2n) is 4.69. The number of aryl methyl sites for hydroxylation is 1. The van der Waals surface area contributed by atoms with Crippen molar-refractivity contribution in [3.05, 3.63) is 64.2 Å². The summed E-state index contributed by atoms with van der Waals surface area (Å²) in [5.41, 5.74) is 1.78. The number of benzene rings is 2. The second-order valence-corrected chi connectivity index (χ2v) is 5.09. The average molecular weight is 290 g/mol. The van der Waals surface area contributed by atoms with Crippen molar-refractivity contribution >= 4 is 17.5 Å². The quantitative estimate of drug-likeness (QED) is 0.902. The van der Waals surface area contributed by atoms with Crippen LogP contribution in [0.2, 0.25) is 5.02 Å². The minimum absolute atomic E-state index is 0.0105. The lowest BCUT2D eigenvalue weighted by atomic mass is 10.1. The van der Waals surface area contributed by atoms with Gasteiger partial charge in [0.25, 0.3) is 5.91 Å². The number of amides is 1. The van der Waals surface area contributed by atoms with Crippen LogP contribution >= 0.6 is 11.6 Å². The van der Waals surface area contributed by atoms with Gasteiger partial charge >= 0.3 is 0 Å². The smallest absolute Gasteiger partial charge is 0.255 e. The summed E-state index contributed by atoms with van der Waals surface area (Å²) in [6, 6.07) is 12.2. The third-order valence-electron chi connectivity index (χ3n) is 3.20. The molecule has 2 aromatic rings. The van der Waals surface area contributed by atoms with Gasteiger partial charge in [0.1, 0.15) is 5.75 Å². The van der Waals surface area contributed by atoms with Gasteiger partial charge in [-0.1, -0.05) is 41.9 Å². The van der Waals surface area contributed by atoms with E-state index in [1.807, 2.05) is 25.1 Å². The molecule has 0 radical (unpaired) electrons. The van der Waals surface area contributed by atoms with Crippen LogP contribution in [0.3, 0.4) is 0 Å². The summed E-state index contributed by atoms with van der Waals surface area (Å²) in [5.74, 6) is -0.310. The summed E-state index contributed by atoms with van der Waals surface area (Å²) >= 11 is 6.10. The molecule has 0 aliphatic heterocycles. The fourth-order valence-corrected chi connectivity index (χ4v) is 2.32. The molecule has 0 heterocycles. The van der Waals surface area contributed by atoms with Crippen molar-refractivity contribution in [2.75, 3.05) is 0 Å². The predicted molar refractivity (Wildman–Crippen MR) is 80.2 cm³/mol. The number of hydrogen-bond donors (Lipinski definition) is 2. The average Bonchev–Trinajstić information content (AvgIpc) is 2.42. The first-order valence-electron chi connectivity index (χ1n) is 6.34. The molecule has 0 aliphatic rings. The Labute approximate surface area is 123 Å². The molecule has 1 unspecified atom stereocenters. The molecule has 1 atom stereocenters. The third-order valence-corrected chi connectivity index (χ3v) is 3.55. The van der Waals surface area contributed by atoms with Crippen molar-refractivity contribution < 1.29 is 9.90 Å². The number of halogens is 1. The van der Waals surface area contributed by atoms with E-state index in [0.717, 1.165) is 5.56 Å². The van der Waals surface area contributed by atoms with Crippen LogP contribution in [0.15, 0.2) is 42.5 Å². The maximum Gasteiger partial charge on any atom is 0.255 e. The van der Waals surface area contributed by atoms with Crippen LogP contribution in [0.4, 0.5) is 0 Å². The van der Waals surface area contributed by atoms with E-state index in [0.29, 0.717) is 10.6 Å². The van der Waals surface area contributed by atoms with Gasteiger partial charge in [0.05, 0.1) is 11.6 Å². The molecular weight excluding hydrogens is 274 g/mol.